The molecule has 2 nitrogen and oxygen atoms in total. The molecule has 0 heterocycles. The van der Waals surface area contributed by atoms with Gasteiger partial charge in [-0.1, -0.05) is 22.0 Å². The highest BCUT2D eigenvalue weighted by molar-refractivity contribution is 9.10. The third kappa shape index (κ3) is 2.50. The maximum atomic E-state index is 5.01. The maximum Gasteiger partial charge on any atom is 0.118 e. The summed E-state index contributed by atoms with van der Waals surface area (Å²) in [4.78, 5) is 2.03. The number of benzene rings is 1. The Morgan fingerprint density at radius 2 is 2.25 bits per heavy atom. The number of rotatable bonds is 3. The predicted octanol–water partition coefficient (Wildman–Crippen LogP) is 2.49. The van der Waals surface area contributed by atoms with Crippen molar-refractivity contribution in [2.75, 3.05) is 25.8 Å². The average Bonchev–Trinajstić information content (AvgIpc) is 2.05. The van der Waals surface area contributed by atoms with E-state index in [2.05, 4.69) is 22.0 Å². The molecule has 66 valence electrons. The summed E-state index contributed by atoms with van der Waals surface area (Å²) in [7, 11) is 3.68. The molecule has 0 aliphatic carbocycles. The van der Waals surface area contributed by atoms with Gasteiger partial charge in [0.2, 0.25) is 0 Å². The van der Waals surface area contributed by atoms with E-state index in [1.165, 1.54) is 0 Å². The molecule has 0 saturated carbocycles. The number of ether oxygens (including phenoxy) is 1. The zero-order valence-electron chi connectivity index (χ0n) is 7.25. The summed E-state index contributed by atoms with van der Waals surface area (Å²) in [6.07, 6.45) is 0. The third-order valence-electron chi connectivity index (χ3n) is 1.57. The van der Waals surface area contributed by atoms with Crippen LogP contribution in [0.1, 0.15) is 0 Å². The van der Waals surface area contributed by atoms with Crippen molar-refractivity contribution in [1.29, 1.82) is 0 Å². The molecule has 0 spiro atoms. The molecule has 3 heteroatoms. The lowest BCUT2D eigenvalue weighted by Gasteiger charge is -2.17. The Morgan fingerprint density at radius 3 is 2.83 bits per heavy atom. The minimum atomic E-state index is 0.608. The number of hydrogen-bond acceptors (Lipinski definition) is 2. The Kier molecular flexibility index (Phi) is 3.56. The Bertz CT molecular complexity index is 252. The monoisotopic (exact) mass is 229 g/mol. The Hall–Kier alpha value is -0.540. The van der Waals surface area contributed by atoms with Crippen molar-refractivity contribution in [3.8, 4) is 0 Å². The lowest BCUT2D eigenvalue weighted by molar-refractivity contribution is 0.202. The normalized spacial score (nSPS) is 9.92. The quantitative estimate of drug-likeness (QED) is 0.739. The van der Waals surface area contributed by atoms with E-state index in [0.717, 1.165) is 10.2 Å². The Balaban J connectivity index is 2.73. The van der Waals surface area contributed by atoms with Gasteiger partial charge in [-0.3, -0.25) is 0 Å². The molecule has 0 aliphatic rings. The Morgan fingerprint density at radius 1 is 1.50 bits per heavy atom. The van der Waals surface area contributed by atoms with Gasteiger partial charge in [0.25, 0.3) is 0 Å². The van der Waals surface area contributed by atoms with Gasteiger partial charge in [-0.2, -0.15) is 0 Å². The van der Waals surface area contributed by atoms with E-state index < -0.39 is 0 Å². The van der Waals surface area contributed by atoms with Crippen LogP contribution in [0.2, 0.25) is 0 Å². The Labute approximate surface area is 81.3 Å². The molecule has 0 amide bonds. The second-order valence-electron chi connectivity index (χ2n) is 2.60. The molecule has 1 aromatic carbocycles. The second-order valence-corrected chi connectivity index (χ2v) is 3.51. The van der Waals surface area contributed by atoms with Gasteiger partial charge < -0.3 is 9.64 Å². The fourth-order valence-electron chi connectivity index (χ4n) is 0.982. The van der Waals surface area contributed by atoms with Gasteiger partial charge >= 0.3 is 0 Å². The van der Waals surface area contributed by atoms with Crippen LogP contribution in [0.3, 0.4) is 0 Å². The summed E-state index contributed by atoms with van der Waals surface area (Å²) >= 11 is 3.41. The molecule has 0 aromatic heterocycles. The molecule has 0 fully saturated rings. The SMILES string of the molecule is COCN(C)c1cccc(Br)c1. The van der Waals surface area contributed by atoms with Crippen LogP contribution in [0.4, 0.5) is 5.69 Å². The smallest absolute Gasteiger partial charge is 0.118 e. The first-order valence-electron chi connectivity index (χ1n) is 3.69. The summed E-state index contributed by atoms with van der Waals surface area (Å²) in [5.74, 6) is 0. The van der Waals surface area contributed by atoms with Crippen molar-refractivity contribution in [1.82, 2.24) is 0 Å². The molecule has 0 radical (unpaired) electrons. The largest absolute Gasteiger partial charge is 0.364 e. The van der Waals surface area contributed by atoms with Crippen LogP contribution in [0, 0.1) is 0 Å². The fraction of sp³-hybridized carbons (Fsp3) is 0.333. The van der Waals surface area contributed by atoms with E-state index in [0.29, 0.717) is 6.73 Å². The molecule has 0 aliphatic heterocycles. The van der Waals surface area contributed by atoms with Crippen LogP contribution in [0.5, 0.6) is 0 Å². The number of halogens is 1. The third-order valence-corrected chi connectivity index (χ3v) is 2.06. The van der Waals surface area contributed by atoms with Crippen molar-refractivity contribution >= 4 is 21.6 Å². The van der Waals surface area contributed by atoms with Crippen molar-refractivity contribution in [3.63, 3.8) is 0 Å². The zero-order chi connectivity index (χ0) is 8.97. The molecule has 0 atom stereocenters. The number of nitrogens with zero attached hydrogens (tertiary/aromatic N) is 1. The van der Waals surface area contributed by atoms with E-state index in [4.69, 9.17) is 4.74 Å². The van der Waals surface area contributed by atoms with Crippen LogP contribution in [-0.4, -0.2) is 20.9 Å². The summed E-state index contributed by atoms with van der Waals surface area (Å²) in [6, 6.07) is 8.11. The number of hydrogen-bond donors (Lipinski definition) is 0. The second kappa shape index (κ2) is 4.48. The summed E-state index contributed by atoms with van der Waals surface area (Å²) in [6.45, 7) is 0.608. The van der Waals surface area contributed by atoms with Gasteiger partial charge in [0.15, 0.2) is 0 Å². The summed E-state index contributed by atoms with van der Waals surface area (Å²) < 4.78 is 6.09. The zero-order valence-corrected chi connectivity index (χ0v) is 8.84. The van der Waals surface area contributed by atoms with Crippen LogP contribution in [0.25, 0.3) is 0 Å². The van der Waals surface area contributed by atoms with Gasteiger partial charge in [-0.15, -0.1) is 0 Å². The van der Waals surface area contributed by atoms with Gasteiger partial charge in [0, 0.05) is 24.3 Å². The fourth-order valence-corrected chi connectivity index (χ4v) is 1.37. The van der Waals surface area contributed by atoms with E-state index in [9.17, 15) is 0 Å². The van der Waals surface area contributed by atoms with Crippen LogP contribution in [0.15, 0.2) is 28.7 Å². The molecule has 1 rings (SSSR count). The number of methoxy groups -OCH3 is 1. The predicted molar refractivity (Wildman–Crippen MR) is 54.4 cm³/mol. The van der Waals surface area contributed by atoms with Gasteiger partial charge in [-0.25, -0.2) is 0 Å². The minimum Gasteiger partial charge on any atom is -0.364 e. The highest BCUT2D eigenvalue weighted by atomic mass is 79.9. The first kappa shape index (κ1) is 9.55. The first-order chi connectivity index (χ1) is 5.74. The molecule has 0 bridgehead atoms. The van der Waals surface area contributed by atoms with Crippen LogP contribution >= 0.6 is 15.9 Å². The maximum absolute atomic E-state index is 5.01. The lowest BCUT2D eigenvalue weighted by atomic mass is 10.3. The van der Waals surface area contributed by atoms with Crippen LogP contribution < -0.4 is 4.90 Å². The molecule has 0 saturated heterocycles. The summed E-state index contributed by atoms with van der Waals surface area (Å²) in [5, 5.41) is 0. The highest BCUT2D eigenvalue weighted by Crippen LogP contribution is 2.18. The first-order valence-corrected chi connectivity index (χ1v) is 4.49. The van der Waals surface area contributed by atoms with Gasteiger partial charge in [0.05, 0.1) is 0 Å². The lowest BCUT2D eigenvalue weighted by Crippen LogP contribution is -2.19. The van der Waals surface area contributed by atoms with Crippen molar-refractivity contribution in [2.45, 2.75) is 0 Å². The minimum absolute atomic E-state index is 0.608. The molecular weight excluding hydrogens is 218 g/mol. The standard InChI is InChI=1S/C9H12BrNO/c1-11(7-12-2)9-5-3-4-8(10)6-9/h3-6H,7H2,1-2H3. The average molecular weight is 230 g/mol. The van der Waals surface area contributed by atoms with Gasteiger partial charge in [0.1, 0.15) is 6.73 Å². The molecule has 0 unspecified atom stereocenters. The summed E-state index contributed by atoms with van der Waals surface area (Å²) in [5.41, 5.74) is 1.14. The number of anilines is 1. The van der Waals surface area contributed by atoms with Crippen molar-refractivity contribution in [3.05, 3.63) is 28.7 Å². The van der Waals surface area contributed by atoms with Crippen molar-refractivity contribution in [2.24, 2.45) is 0 Å². The topological polar surface area (TPSA) is 12.5 Å². The van der Waals surface area contributed by atoms with Crippen molar-refractivity contribution < 1.29 is 4.74 Å². The van der Waals surface area contributed by atoms with E-state index in [-0.39, 0.29) is 0 Å². The molecule has 1 aromatic rings. The van der Waals surface area contributed by atoms with Gasteiger partial charge in [-0.05, 0) is 18.2 Å². The van der Waals surface area contributed by atoms with E-state index >= 15 is 0 Å². The molecule has 12 heavy (non-hydrogen) atoms. The van der Waals surface area contributed by atoms with E-state index in [1.807, 2.05) is 30.1 Å². The highest BCUT2D eigenvalue weighted by Gasteiger charge is 1.98. The molecule has 0 N–H and O–H groups in total. The van der Waals surface area contributed by atoms with E-state index in [1.54, 1.807) is 7.11 Å². The molecular formula is C9H12BrNO. The van der Waals surface area contributed by atoms with Crippen LogP contribution in [-0.2, 0) is 4.74 Å².